The van der Waals surface area contributed by atoms with E-state index in [4.69, 9.17) is 9.05 Å². The van der Waals surface area contributed by atoms with Crippen molar-refractivity contribution in [1.82, 2.24) is 0 Å². The molecule has 142 valence electrons. The molecule has 1 unspecified atom stereocenters. The number of anilines is 1. The lowest BCUT2D eigenvalue weighted by Crippen LogP contribution is -2.15. The molecule has 0 spiro atoms. The number of halogens is 3. The lowest BCUT2D eigenvalue weighted by atomic mass is 10.2. The van der Waals surface area contributed by atoms with Gasteiger partial charge in [-0.2, -0.15) is 13.2 Å². The van der Waals surface area contributed by atoms with Crippen LogP contribution in [-0.4, -0.2) is 13.2 Å². The van der Waals surface area contributed by atoms with Crippen LogP contribution in [0.2, 0.25) is 0 Å². The summed E-state index contributed by atoms with van der Waals surface area (Å²) < 4.78 is 62.3. The maximum atomic E-state index is 13.3. The van der Waals surface area contributed by atoms with Gasteiger partial charge in [0.15, 0.2) is 5.78 Å². The van der Waals surface area contributed by atoms with Crippen molar-refractivity contribution in [3.63, 3.8) is 0 Å². The maximum Gasteiger partial charge on any atom is 0.416 e. The van der Waals surface area contributed by atoms with Gasteiger partial charge >= 0.3 is 13.8 Å². The highest BCUT2D eigenvalue weighted by Crippen LogP contribution is 2.60. The second-order valence-corrected chi connectivity index (χ2v) is 7.52. The Kier molecular flexibility index (Phi) is 6.87. The maximum absolute atomic E-state index is 13.3. The minimum Gasteiger partial charge on any atom is -0.368 e. The molecule has 0 saturated carbocycles. The van der Waals surface area contributed by atoms with E-state index in [9.17, 15) is 17.7 Å². The molecule has 26 heavy (non-hydrogen) atoms. The Morgan fingerprint density at radius 3 is 1.96 bits per heavy atom. The summed E-state index contributed by atoms with van der Waals surface area (Å²) in [5.74, 6) is -0.847. The van der Waals surface area contributed by atoms with Crippen LogP contribution in [-0.2, 0) is 19.8 Å². The van der Waals surface area contributed by atoms with Crippen molar-refractivity contribution >= 4 is 13.3 Å². The van der Waals surface area contributed by atoms with E-state index in [1.807, 2.05) is 6.07 Å². The molecule has 2 rings (SSSR count). The van der Waals surface area contributed by atoms with Gasteiger partial charge in [-0.15, -0.1) is 0 Å². The van der Waals surface area contributed by atoms with Gasteiger partial charge in [0, 0.05) is 5.69 Å². The summed E-state index contributed by atoms with van der Waals surface area (Å²) in [7, 11) is -3.59. The summed E-state index contributed by atoms with van der Waals surface area (Å²) in [6.07, 6.45) is -4.41. The zero-order valence-electron chi connectivity index (χ0n) is 14.5. The molecule has 0 aliphatic heterocycles. The highest BCUT2D eigenvalue weighted by Gasteiger charge is 2.37. The van der Waals surface area contributed by atoms with Crippen molar-refractivity contribution in [3.05, 3.63) is 65.7 Å². The number of rotatable bonds is 8. The van der Waals surface area contributed by atoms with Crippen LogP contribution >= 0.6 is 7.60 Å². The van der Waals surface area contributed by atoms with Crippen molar-refractivity contribution in [3.8, 4) is 0 Å². The van der Waals surface area contributed by atoms with E-state index in [2.05, 4.69) is 5.32 Å². The van der Waals surface area contributed by atoms with Crippen molar-refractivity contribution < 1.29 is 26.8 Å². The standard InChI is InChI=1S/C18H21F3NO3P/c1-3-24-26(23,25-4-2)17(14-8-6-5-7-9-14)22-16-12-10-15(11-13-16)18(19,20)21/h5-13,17,22H,3-4H2,1-2H3. The first kappa shape index (κ1) is 20.5. The van der Waals surface area contributed by atoms with Gasteiger partial charge in [0.05, 0.1) is 18.8 Å². The molecule has 1 atom stereocenters. The average molecular weight is 387 g/mol. The normalized spacial score (nSPS) is 13.4. The molecule has 8 heteroatoms. The molecular formula is C18H21F3NO3P. The first-order valence-corrected chi connectivity index (χ1v) is 9.79. The second kappa shape index (κ2) is 8.71. The third-order valence-electron chi connectivity index (χ3n) is 3.57. The largest absolute Gasteiger partial charge is 0.416 e. The first-order valence-electron chi connectivity index (χ1n) is 8.17. The molecule has 0 aromatic heterocycles. The highest BCUT2D eigenvalue weighted by molar-refractivity contribution is 7.54. The van der Waals surface area contributed by atoms with Gasteiger partial charge in [-0.25, -0.2) is 0 Å². The molecule has 0 aliphatic rings. The van der Waals surface area contributed by atoms with Gasteiger partial charge in [0.2, 0.25) is 0 Å². The summed E-state index contributed by atoms with van der Waals surface area (Å²) in [4.78, 5) is 0. The number of hydrogen-bond acceptors (Lipinski definition) is 4. The fraction of sp³-hybridized carbons (Fsp3) is 0.333. The minimum atomic E-state index is -4.41. The van der Waals surface area contributed by atoms with E-state index in [0.717, 1.165) is 12.1 Å². The molecule has 0 bridgehead atoms. The van der Waals surface area contributed by atoms with Gasteiger partial charge in [-0.1, -0.05) is 30.3 Å². The van der Waals surface area contributed by atoms with E-state index < -0.39 is 25.1 Å². The SMILES string of the molecule is CCOP(=O)(OCC)C(Nc1ccc(C(F)(F)F)cc1)c1ccccc1. The van der Waals surface area contributed by atoms with E-state index >= 15 is 0 Å². The Morgan fingerprint density at radius 2 is 1.50 bits per heavy atom. The smallest absolute Gasteiger partial charge is 0.368 e. The fourth-order valence-corrected chi connectivity index (χ4v) is 4.38. The second-order valence-electron chi connectivity index (χ2n) is 5.41. The summed E-state index contributed by atoms with van der Waals surface area (Å²) in [5.41, 5.74) is 0.279. The molecule has 0 heterocycles. The molecule has 2 aromatic rings. The molecule has 0 radical (unpaired) electrons. The topological polar surface area (TPSA) is 47.6 Å². The van der Waals surface area contributed by atoms with Crippen LogP contribution in [0, 0.1) is 0 Å². The third kappa shape index (κ3) is 5.10. The molecule has 0 fully saturated rings. The van der Waals surface area contributed by atoms with Crippen LogP contribution in [0.4, 0.5) is 18.9 Å². The molecule has 0 saturated heterocycles. The molecule has 4 nitrogen and oxygen atoms in total. The van der Waals surface area contributed by atoms with Gasteiger partial charge in [-0.3, -0.25) is 4.57 Å². The van der Waals surface area contributed by atoms with Gasteiger partial charge in [0.1, 0.15) is 0 Å². The molecule has 2 aromatic carbocycles. The van der Waals surface area contributed by atoms with Crippen LogP contribution < -0.4 is 5.32 Å². The van der Waals surface area contributed by atoms with Crippen LogP contribution in [0.5, 0.6) is 0 Å². The predicted octanol–water partition coefficient (Wildman–Crippen LogP) is 6.08. The van der Waals surface area contributed by atoms with E-state index in [1.54, 1.807) is 38.1 Å². The van der Waals surface area contributed by atoms with Crippen LogP contribution in [0.3, 0.4) is 0 Å². The zero-order chi connectivity index (χ0) is 19.2. The van der Waals surface area contributed by atoms with Crippen molar-refractivity contribution in [2.75, 3.05) is 18.5 Å². The fourth-order valence-electron chi connectivity index (χ4n) is 2.44. The third-order valence-corrected chi connectivity index (χ3v) is 5.86. The van der Waals surface area contributed by atoms with E-state index in [0.29, 0.717) is 11.3 Å². The van der Waals surface area contributed by atoms with Crippen LogP contribution in [0.1, 0.15) is 30.8 Å². The molecule has 0 amide bonds. The average Bonchev–Trinajstić information content (AvgIpc) is 2.60. The Hall–Kier alpha value is -1.82. The first-order chi connectivity index (χ1) is 12.3. The zero-order valence-corrected chi connectivity index (χ0v) is 15.4. The Balaban J connectivity index is 2.37. The highest BCUT2D eigenvalue weighted by atomic mass is 31.2. The Bertz CT molecular complexity index is 726. The van der Waals surface area contributed by atoms with E-state index in [1.165, 1.54) is 12.1 Å². The summed E-state index contributed by atoms with van der Waals surface area (Å²) in [6.45, 7) is 3.75. The number of nitrogens with one attached hydrogen (secondary N) is 1. The van der Waals surface area contributed by atoms with Crippen molar-refractivity contribution in [2.45, 2.75) is 25.8 Å². The molecule has 0 aliphatic carbocycles. The predicted molar refractivity (Wildman–Crippen MR) is 95.1 cm³/mol. The summed E-state index contributed by atoms with van der Waals surface area (Å²) in [5, 5.41) is 3.00. The lowest BCUT2D eigenvalue weighted by molar-refractivity contribution is -0.137. The summed E-state index contributed by atoms with van der Waals surface area (Å²) in [6, 6.07) is 13.4. The quantitative estimate of drug-likeness (QED) is 0.558. The Morgan fingerprint density at radius 1 is 0.962 bits per heavy atom. The van der Waals surface area contributed by atoms with Gasteiger partial charge in [-0.05, 0) is 43.7 Å². The van der Waals surface area contributed by atoms with Crippen molar-refractivity contribution in [2.24, 2.45) is 0 Å². The summed E-state index contributed by atoms with van der Waals surface area (Å²) >= 11 is 0. The number of alkyl halides is 3. The molecule has 1 N–H and O–H groups in total. The number of hydrogen-bond donors (Lipinski definition) is 1. The molecular weight excluding hydrogens is 366 g/mol. The van der Waals surface area contributed by atoms with Crippen LogP contribution in [0.15, 0.2) is 54.6 Å². The lowest BCUT2D eigenvalue weighted by Gasteiger charge is -2.28. The Labute approximate surface area is 150 Å². The monoisotopic (exact) mass is 387 g/mol. The van der Waals surface area contributed by atoms with Crippen molar-refractivity contribution in [1.29, 1.82) is 0 Å². The number of benzene rings is 2. The van der Waals surface area contributed by atoms with E-state index in [-0.39, 0.29) is 13.2 Å². The van der Waals surface area contributed by atoms with Gasteiger partial charge < -0.3 is 14.4 Å². The van der Waals surface area contributed by atoms with Gasteiger partial charge in [0.25, 0.3) is 0 Å². The van der Waals surface area contributed by atoms with Crippen LogP contribution in [0.25, 0.3) is 0 Å². The minimum absolute atomic E-state index is 0.176.